The second-order valence-electron chi connectivity index (χ2n) is 4.13. The monoisotopic (exact) mass is 238 g/mol. The molecule has 1 N–H and O–H groups in total. The minimum absolute atomic E-state index is 0.347. The summed E-state index contributed by atoms with van der Waals surface area (Å²) in [5.74, 6) is 1.87. The second kappa shape index (κ2) is 5.11. The van der Waals surface area contributed by atoms with Crippen LogP contribution in [0.1, 0.15) is 37.5 Å². The summed E-state index contributed by atoms with van der Waals surface area (Å²) in [5, 5.41) is 10.6. The van der Waals surface area contributed by atoms with Crippen LogP contribution in [0.25, 0.3) is 0 Å². The molecule has 88 valence electrons. The van der Waals surface area contributed by atoms with Crippen LogP contribution in [0.15, 0.2) is 18.2 Å². The van der Waals surface area contributed by atoms with Crippen molar-refractivity contribution in [2.75, 3.05) is 6.61 Å². The van der Waals surface area contributed by atoms with Gasteiger partial charge >= 0.3 is 0 Å². The smallest absolute Gasteiger partial charge is 0.123 e. The molecular formula is C13H18O2S. The van der Waals surface area contributed by atoms with Crippen LogP contribution in [-0.2, 0) is 5.75 Å². The van der Waals surface area contributed by atoms with Crippen molar-refractivity contribution >= 4 is 11.8 Å². The minimum Gasteiger partial charge on any atom is -0.494 e. The summed E-state index contributed by atoms with van der Waals surface area (Å²) in [6, 6.07) is 5.97. The lowest BCUT2D eigenvalue weighted by Gasteiger charge is -2.15. The average molecular weight is 238 g/mol. The predicted octanol–water partition coefficient (Wildman–Crippen LogP) is 3.14. The predicted molar refractivity (Wildman–Crippen MR) is 67.9 cm³/mol. The largest absolute Gasteiger partial charge is 0.494 e. The highest BCUT2D eigenvalue weighted by atomic mass is 32.2. The Balaban J connectivity index is 2.37. The molecule has 0 bridgehead atoms. The van der Waals surface area contributed by atoms with Gasteiger partial charge in [-0.05, 0) is 25.0 Å². The van der Waals surface area contributed by atoms with Crippen LogP contribution in [-0.4, -0.2) is 17.0 Å². The third-order valence-electron chi connectivity index (χ3n) is 2.90. The van der Waals surface area contributed by atoms with Gasteiger partial charge in [-0.2, -0.15) is 11.8 Å². The molecule has 3 heteroatoms. The standard InChI is InChI=1S/C13H18O2S/c1-3-15-13-6-4-5-10-11(13)8-16-9(2)7-12(10)14/h4-6,9,12,14H,3,7-8H2,1-2H3. The Morgan fingerprint density at radius 2 is 2.31 bits per heavy atom. The van der Waals surface area contributed by atoms with Crippen LogP contribution in [0.2, 0.25) is 0 Å². The van der Waals surface area contributed by atoms with Crippen LogP contribution in [0.4, 0.5) is 0 Å². The van der Waals surface area contributed by atoms with Gasteiger partial charge in [0.15, 0.2) is 0 Å². The van der Waals surface area contributed by atoms with E-state index in [9.17, 15) is 5.11 Å². The van der Waals surface area contributed by atoms with Gasteiger partial charge in [-0.3, -0.25) is 0 Å². The number of hydrogen-bond donors (Lipinski definition) is 1. The normalized spacial score (nSPS) is 24.7. The van der Waals surface area contributed by atoms with E-state index in [0.29, 0.717) is 11.9 Å². The maximum absolute atomic E-state index is 10.1. The summed E-state index contributed by atoms with van der Waals surface area (Å²) < 4.78 is 5.62. The van der Waals surface area contributed by atoms with Crippen molar-refractivity contribution in [1.82, 2.24) is 0 Å². The van der Waals surface area contributed by atoms with Crippen LogP contribution >= 0.6 is 11.8 Å². The zero-order chi connectivity index (χ0) is 11.5. The zero-order valence-corrected chi connectivity index (χ0v) is 10.6. The van der Waals surface area contributed by atoms with E-state index >= 15 is 0 Å². The molecular weight excluding hydrogens is 220 g/mol. The Bertz CT molecular complexity index is 365. The van der Waals surface area contributed by atoms with E-state index in [2.05, 4.69) is 6.92 Å². The van der Waals surface area contributed by atoms with Crippen molar-refractivity contribution in [3.05, 3.63) is 29.3 Å². The first-order valence-electron chi connectivity index (χ1n) is 5.76. The van der Waals surface area contributed by atoms with Crippen molar-refractivity contribution in [3.8, 4) is 5.75 Å². The van der Waals surface area contributed by atoms with Crippen molar-refractivity contribution < 1.29 is 9.84 Å². The number of fused-ring (bicyclic) bond motifs is 1. The molecule has 0 saturated carbocycles. The van der Waals surface area contributed by atoms with E-state index in [1.165, 1.54) is 5.56 Å². The first-order chi connectivity index (χ1) is 7.72. The number of aliphatic hydroxyl groups is 1. The molecule has 2 rings (SSSR count). The van der Waals surface area contributed by atoms with Crippen molar-refractivity contribution in [1.29, 1.82) is 0 Å². The Morgan fingerprint density at radius 3 is 3.06 bits per heavy atom. The zero-order valence-electron chi connectivity index (χ0n) is 9.77. The number of hydrogen-bond acceptors (Lipinski definition) is 3. The topological polar surface area (TPSA) is 29.5 Å². The first kappa shape index (κ1) is 11.8. The van der Waals surface area contributed by atoms with Gasteiger partial charge in [-0.15, -0.1) is 0 Å². The summed E-state index contributed by atoms with van der Waals surface area (Å²) in [7, 11) is 0. The molecule has 0 saturated heterocycles. The lowest BCUT2D eigenvalue weighted by molar-refractivity contribution is 0.168. The molecule has 2 atom stereocenters. The Hall–Kier alpha value is -0.670. The quantitative estimate of drug-likeness (QED) is 0.858. The van der Waals surface area contributed by atoms with Crippen LogP contribution in [0.3, 0.4) is 0 Å². The van der Waals surface area contributed by atoms with Crippen molar-refractivity contribution in [2.24, 2.45) is 0 Å². The van der Waals surface area contributed by atoms with Gasteiger partial charge in [-0.25, -0.2) is 0 Å². The molecule has 0 spiro atoms. The highest BCUT2D eigenvalue weighted by Crippen LogP contribution is 2.38. The molecule has 2 nitrogen and oxygen atoms in total. The summed E-state index contributed by atoms with van der Waals surface area (Å²) in [6.45, 7) is 4.83. The van der Waals surface area contributed by atoms with E-state index in [4.69, 9.17) is 4.74 Å². The third kappa shape index (κ3) is 2.36. The Kier molecular flexibility index (Phi) is 3.77. The van der Waals surface area contributed by atoms with Gasteiger partial charge in [-0.1, -0.05) is 19.1 Å². The number of ether oxygens (including phenoxy) is 1. The molecule has 2 unspecified atom stereocenters. The molecule has 0 aromatic heterocycles. The number of aliphatic hydroxyl groups excluding tert-OH is 1. The Morgan fingerprint density at radius 1 is 1.50 bits per heavy atom. The van der Waals surface area contributed by atoms with Crippen LogP contribution < -0.4 is 4.74 Å². The summed E-state index contributed by atoms with van der Waals surface area (Å²) in [4.78, 5) is 0. The van der Waals surface area contributed by atoms with Crippen molar-refractivity contribution in [2.45, 2.75) is 37.4 Å². The van der Waals surface area contributed by atoms with E-state index in [1.54, 1.807) is 0 Å². The molecule has 0 fully saturated rings. The maximum Gasteiger partial charge on any atom is 0.123 e. The first-order valence-corrected chi connectivity index (χ1v) is 6.81. The summed E-state index contributed by atoms with van der Waals surface area (Å²) in [6.07, 6.45) is 0.480. The number of rotatable bonds is 2. The number of thioether (sulfide) groups is 1. The van der Waals surface area contributed by atoms with Gasteiger partial charge in [0, 0.05) is 16.6 Å². The van der Waals surface area contributed by atoms with Crippen LogP contribution in [0, 0.1) is 0 Å². The summed E-state index contributed by atoms with van der Waals surface area (Å²) in [5.41, 5.74) is 2.22. The average Bonchev–Trinajstić information content (AvgIpc) is 2.40. The van der Waals surface area contributed by atoms with E-state index in [1.807, 2.05) is 36.9 Å². The molecule has 0 radical (unpaired) electrons. The fourth-order valence-corrected chi connectivity index (χ4v) is 3.15. The molecule has 1 aliphatic rings. The third-order valence-corrected chi connectivity index (χ3v) is 4.11. The molecule has 1 aliphatic heterocycles. The maximum atomic E-state index is 10.1. The SMILES string of the molecule is CCOc1cccc2c1CSC(C)CC2O. The molecule has 1 heterocycles. The minimum atomic E-state index is -0.347. The van der Waals surface area contributed by atoms with Gasteiger partial charge in [0.05, 0.1) is 12.7 Å². The summed E-state index contributed by atoms with van der Waals surface area (Å²) >= 11 is 1.89. The van der Waals surface area contributed by atoms with E-state index in [-0.39, 0.29) is 6.10 Å². The highest BCUT2D eigenvalue weighted by Gasteiger charge is 2.23. The van der Waals surface area contributed by atoms with E-state index in [0.717, 1.165) is 23.5 Å². The van der Waals surface area contributed by atoms with E-state index < -0.39 is 0 Å². The lowest BCUT2D eigenvalue weighted by Crippen LogP contribution is -2.04. The van der Waals surface area contributed by atoms with Gasteiger partial charge in [0.1, 0.15) is 5.75 Å². The lowest BCUT2D eigenvalue weighted by atomic mass is 9.99. The second-order valence-corrected chi connectivity index (χ2v) is 5.56. The Labute approximate surface area is 101 Å². The van der Waals surface area contributed by atoms with Gasteiger partial charge in [0.25, 0.3) is 0 Å². The molecule has 0 aliphatic carbocycles. The van der Waals surface area contributed by atoms with Gasteiger partial charge < -0.3 is 9.84 Å². The van der Waals surface area contributed by atoms with Gasteiger partial charge in [0.2, 0.25) is 0 Å². The molecule has 0 amide bonds. The van der Waals surface area contributed by atoms with Crippen molar-refractivity contribution in [3.63, 3.8) is 0 Å². The molecule has 16 heavy (non-hydrogen) atoms. The van der Waals surface area contributed by atoms with Crippen LogP contribution in [0.5, 0.6) is 5.75 Å². The molecule has 1 aromatic rings. The fourth-order valence-electron chi connectivity index (χ4n) is 2.08. The fraction of sp³-hybridized carbons (Fsp3) is 0.538. The highest BCUT2D eigenvalue weighted by molar-refractivity contribution is 7.99. The molecule has 1 aromatic carbocycles. The number of benzene rings is 1.